The van der Waals surface area contributed by atoms with Gasteiger partial charge in [-0.1, -0.05) is 6.58 Å². The molecule has 4 N–H and O–H groups in total. The molecule has 1 saturated heterocycles. The molecule has 0 unspecified atom stereocenters. The van der Waals surface area contributed by atoms with E-state index in [1.807, 2.05) is 0 Å². The molecule has 0 spiro atoms. The summed E-state index contributed by atoms with van der Waals surface area (Å²) in [6.07, 6.45) is 1.76. The van der Waals surface area contributed by atoms with Gasteiger partial charge in [-0.2, -0.15) is 0 Å². The lowest BCUT2D eigenvalue weighted by Crippen LogP contribution is -2.36. The van der Waals surface area contributed by atoms with Gasteiger partial charge in [0.25, 0.3) is 0 Å². The van der Waals surface area contributed by atoms with E-state index in [1.54, 1.807) is 0 Å². The average Bonchev–Trinajstić information content (AvgIpc) is 2.52. The van der Waals surface area contributed by atoms with Gasteiger partial charge >= 0.3 is 0 Å². The summed E-state index contributed by atoms with van der Waals surface area (Å²) < 4.78 is 0. The van der Waals surface area contributed by atoms with Crippen LogP contribution < -0.4 is 16.4 Å². The van der Waals surface area contributed by atoms with Crippen molar-refractivity contribution in [3.8, 4) is 0 Å². The Labute approximate surface area is 76.4 Å². The van der Waals surface area contributed by atoms with Gasteiger partial charge in [0, 0.05) is 12.6 Å². The van der Waals surface area contributed by atoms with Gasteiger partial charge in [-0.05, 0) is 12.5 Å². The lowest BCUT2D eigenvalue weighted by molar-refractivity contribution is -0.120. The first-order chi connectivity index (χ1) is 6.13. The Hall–Kier alpha value is -1.36. The molecule has 1 heterocycles. The highest BCUT2D eigenvalue weighted by molar-refractivity contribution is 5.87. The Morgan fingerprint density at radius 2 is 2.31 bits per heavy atom. The van der Waals surface area contributed by atoms with Gasteiger partial charge in [-0.15, -0.1) is 0 Å². The van der Waals surface area contributed by atoms with E-state index in [0.29, 0.717) is 13.0 Å². The van der Waals surface area contributed by atoms with Crippen molar-refractivity contribution >= 4 is 11.8 Å². The van der Waals surface area contributed by atoms with Gasteiger partial charge in [0.2, 0.25) is 11.8 Å². The van der Waals surface area contributed by atoms with Crippen molar-refractivity contribution in [1.29, 1.82) is 0 Å². The van der Waals surface area contributed by atoms with Crippen LogP contribution in [0.15, 0.2) is 12.7 Å². The van der Waals surface area contributed by atoms with Crippen LogP contribution in [0.2, 0.25) is 0 Å². The molecule has 0 saturated carbocycles. The number of rotatable bonds is 3. The Morgan fingerprint density at radius 3 is 2.77 bits per heavy atom. The highest BCUT2D eigenvalue weighted by atomic mass is 16.2. The first-order valence-electron chi connectivity index (χ1n) is 4.09. The number of hydrogen-bond acceptors (Lipinski definition) is 3. The molecule has 5 heteroatoms. The minimum Gasteiger partial charge on any atom is -0.368 e. The van der Waals surface area contributed by atoms with Crippen LogP contribution in [0.1, 0.15) is 6.42 Å². The molecule has 0 aromatic heterocycles. The zero-order valence-electron chi connectivity index (χ0n) is 7.25. The Morgan fingerprint density at radius 1 is 1.62 bits per heavy atom. The number of amides is 2. The van der Waals surface area contributed by atoms with Crippen LogP contribution in [0.25, 0.3) is 0 Å². The molecule has 13 heavy (non-hydrogen) atoms. The summed E-state index contributed by atoms with van der Waals surface area (Å²) in [5.41, 5.74) is 5.09. The Kier molecular flexibility index (Phi) is 3.02. The van der Waals surface area contributed by atoms with Crippen LogP contribution >= 0.6 is 0 Å². The maximum absolute atomic E-state index is 10.9. The van der Waals surface area contributed by atoms with E-state index in [4.69, 9.17) is 5.73 Å². The second-order valence-corrected chi connectivity index (χ2v) is 3.01. The lowest BCUT2D eigenvalue weighted by atomic mass is 10.1. The molecule has 72 valence electrons. The van der Waals surface area contributed by atoms with Crippen LogP contribution in [0.5, 0.6) is 0 Å². The molecule has 0 aromatic rings. The highest BCUT2D eigenvalue weighted by Gasteiger charge is 2.28. The maximum Gasteiger partial charge on any atom is 0.243 e. The number of carbonyl (C=O) groups excluding carboxylic acids is 2. The van der Waals surface area contributed by atoms with Gasteiger partial charge in [0.05, 0.1) is 6.04 Å². The number of hydrogen-bond donors (Lipinski definition) is 3. The summed E-state index contributed by atoms with van der Waals surface area (Å²) in [6, 6.07) is -0.349. The highest BCUT2D eigenvalue weighted by Crippen LogP contribution is 2.05. The average molecular weight is 183 g/mol. The van der Waals surface area contributed by atoms with Crippen LogP contribution in [0.4, 0.5) is 0 Å². The van der Waals surface area contributed by atoms with Crippen LogP contribution in [-0.4, -0.2) is 30.4 Å². The fourth-order valence-electron chi connectivity index (χ4n) is 1.32. The zero-order chi connectivity index (χ0) is 9.84. The summed E-state index contributed by atoms with van der Waals surface area (Å²) in [5, 5.41) is 5.60. The van der Waals surface area contributed by atoms with Crippen molar-refractivity contribution in [3.63, 3.8) is 0 Å². The minimum atomic E-state index is -0.379. The largest absolute Gasteiger partial charge is 0.368 e. The molecule has 1 aliphatic rings. The van der Waals surface area contributed by atoms with Gasteiger partial charge in [0.15, 0.2) is 0 Å². The van der Waals surface area contributed by atoms with E-state index < -0.39 is 0 Å². The van der Waals surface area contributed by atoms with Crippen molar-refractivity contribution < 1.29 is 9.59 Å². The third-order valence-corrected chi connectivity index (χ3v) is 2.01. The van der Waals surface area contributed by atoms with E-state index in [9.17, 15) is 9.59 Å². The molecule has 0 aliphatic carbocycles. The summed E-state index contributed by atoms with van der Waals surface area (Å²) in [7, 11) is 0. The normalized spacial score (nSPS) is 26.8. The molecule has 0 bridgehead atoms. The molecular formula is C8H13N3O2. The predicted molar refractivity (Wildman–Crippen MR) is 47.7 cm³/mol. The fourth-order valence-corrected chi connectivity index (χ4v) is 1.32. The summed E-state index contributed by atoms with van der Waals surface area (Å²) in [6.45, 7) is 3.91. The van der Waals surface area contributed by atoms with Gasteiger partial charge in [-0.25, -0.2) is 0 Å². The second-order valence-electron chi connectivity index (χ2n) is 3.01. The standard InChI is InChI=1S/C8H13N3O2/c1-2-7(12)11-5-3-6(8(9)13)10-4-5/h2,5-6,10H,1,3-4H2,(H2,9,13)(H,11,12)/t5-,6-/m0/s1. The molecule has 2 amide bonds. The third-order valence-electron chi connectivity index (χ3n) is 2.01. The predicted octanol–water partition coefficient (Wildman–Crippen LogP) is -1.50. The molecule has 1 aliphatic heterocycles. The summed E-state index contributed by atoms with van der Waals surface area (Å²) >= 11 is 0. The van der Waals surface area contributed by atoms with Gasteiger partial charge < -0.3 is 16.4 Å². The van der Waals surface area contributed by atoms with Crippen LogP contribution in [0.3, 0.4) is 0 Å². The molecule has 1 fully saturated rings. The van der Waals surface area contributed by atoms with Crippen LogP contribution in [-0.2, 0) is 9.59 Å². The maximum atomic E-state index is 10.9. The quantitative estimate of drug-likeness (QED) is 0.466. The fraction of sp³-hybridized carbons (Fsp3) is 0.500. The van der Waals surface area contributed by atoms with Gasteiger partial charge in [-0.3, -0.25) is 9.59 Å². The van der Waals surface area contributed by atoms with Crippen molar-refractivity contribution in [2.75, 3.05) is 6.54 Å². The van der Waals surface area contributed by atoms with Gasteiger partial charge in [0.1, 0.15) is 0 Å². The zero-order valence-corrected chi connectivity index (χ0v) is 7.25. The number of nitrogens with one attached hydrogen (secondary N) is 2. The number of carbonyl (C=O) groups is 2. The van der Waals surface area contributed by atoms with E-state index >= 15 is 0 Å². The van der Waals surface area contributed by atoms with Crippen molar-refractivity contribution in [3.05, 3.63) is 12.7 Å². The summed E-state index contributed by atoms with van der Waals surface area (Å²) in [5.74, 6) is -0.604. The van der Waals surface area contributed by atoms with Crippen LogP contribution in [0, 0.1) is 0 Å². The van der Waals surface area contributed by atoms with Crippen molar-refractivity contribution in [2.45, 2.75) is 18.5 Å². The van der Waals surface area contributed by atoms with E-state index in [0.717, 1.165) is 0 Å². The molecule has 5 nitrogen and oxygen atoms in total. The molecule has 2 atom stereocenters. The monoisotopic (exact) mass is 183 g/mol. The Bertz CT molecular complexity index is 240. The lowest BCUT2D eigenvalue weighted by Gasteiger charge is -2.08. The number of primary amides is 1. The minimum absolute atomic E-state index is 0.0250. The van der Waals surface area contributed by atoms with Crippen molar-refractivity contribution in [1.82, 2.24) is 10.6 Å². The first kappa shape index (κ1) is 9.73. The van der Waals surface area contributed by atoms with E-state index in [2.05, 4.69) is 17.2 Å². The Balaban J connectivity index is 2.37. The third kappa shape index (κ3) is 2.55. The molecule has 1 rings (SSSR count). The molecular weight excluding hydrogens is 170 g/mol. The molecule has 0 radical (unpaired) electrons. The van der Waals surface area contributed by atoms with Crippen molar-refractivity contribution in [2.24, 2.45) is 5.73 Å². The van der Waals surface area contributed by atoms with E-state index in [1.165, 1.54) is 6.08 Å². The summed E-state index contributed by atoms with van der Waals surface area (Å²) in [4.78, 5) is 21.6. The number of nitrogens with two attached hydrogens (primary N) is 1. The van der Waals surface area contributed by atoms with E-state index in [-0.39, 0.29) is 23.9 Å². The second kappa shape index (κ2) is 4.04. The smallest absolute Gasteiger partial charge is 0.243 e. The first-order valence-corrected chi connectivity index (χ1v) is 4.09. The molecule has 0 aromatic carbocycles. The SMILES string of the molecule is C=CC(=O)N[C@@H]1CN[C@H](C(N)=O)C1. The topological polar surface area (TPSA) is 84.2 Å².